The average molecular weight is 1130 g/mol. The van der Waals surface area contributed by atoms with E-state index in [0.717, 1.165) is 121 Å². The van der Waals surface area contributed by atoms with Gasteiger partial charge < -0.3 is 33.8 Å². The maximum atomic E-state index is 12.9. The van der Waals surface area contributed by atoms with E-state index in [-0.39, 0.29) is 25.7 Å². The van der Waals surface area contributed by atoms with E-state index in [9.17, 15) is 43.2 Å². The normalized spacial score (nSPS) is 14.5. The standard InChI is InChI=1S/C57H110O17P2/c1-7-9-11-13-20-29-35-41-56(61)73-52(45-67-54(59)39-33-25-12-10-8-2)47-71-75(63,64)69-43-51(58)44-70-76(65,66)72-48-53(46-68-55(60)40-34-28-24-19-22-27-32-38-50(5)6)74-57(62)42-36-30-23-18-16-14-15-17-21-26-31-37-49(3)4/h49-53,58H,7-48H2,1-6H3,(H,63,64)(H,65,66)/t51-,52+,53+/m0/s1. The molecule has 19 heteroatoms. The minimum atomic E-state index is -4.94. The van der Waals surface area contributed by atoms with Crippen molar-refractivity contribution in [2.75, 3.05) is 39.6 Å². The van der Waals surface area contributed by atoms with Crippen LogP contribution >= 0.6 is 15.6 Å². The summed E-state index contributed by atoms with van der Waals surface area (Å²) in [6.07, 6.45) is 29.9. The highest BCUT2D eigenvalue weighted by molar-refractivity contribution is 7.47. The first-order valence-corrected chi connectivity index (χ1v) is 33.0. The van der Waals surface area contributed by atoms with Crippen LogP contribution in [0, 0.1) is 11.8 Å². The van der Waals surface area contributed by atoms with Crippen molar-refractivity contribution in [2.45, 2.75) is 291 Å². The average Bonchev–Trinajstić information content (AvgIpc) is 3.37. The van der Waals surface area contributed by atoms with Crippen LogP contribution in [0.2, 0.25) is 0 Å². The third kappa shape index (κ3) is 51.5. The lowest BCUT2D eigenvalue weighted by Gasteiger charge is -2.21. The molecule has 0 saturated heterocycles. The smallest absolute Gasteiger partial charge is 0.462 e. The molecule has 0 aliphatic carbocycles. The van der Waals surface area contributed by atoms with Gasteiger partial charge in [-0.2, -0.15) is 0 Å². The molecule has 0 aromatic heterocycles. The number of ether oxygens (including phenoxy) is 4. The minimum Gasteiger partial charge on any atom is -0.462 e. The summed E-state index contributed by atoms with van der Waals surface area (Å²) in [6, 6.07) is 0. The summed E-state index contributed by atoms with van der Waals surface area (Å²) in [5, 5.41) is 10.5. The molecule has 0 amide bonds. The van der Waals surface area contributed by atoms with E-state index in [0.29, 0.717) is 31.6 Å². The van der Waals surface area contributed by atoms with Crippen molar-refractivity contribution in [1.29, 1.82) is 0 Å². The summed E-state index contributed by atoms with van der Waals surface area (Å²) in [5.74, 6) is -0.690. The highest BCUT2D eigenvalue weighted by Crippen LogP contribution is 2.45. The summed E-state index contributed by atoms with van der Waals surface area (Å²) in [4.78, 5) is 71.5. The third-order valence-electron chi connectivity index (χ3n) is 13.0. The number of unbranched alkanes of at least 4 members (excludes halogenated alkanes) is 26. The van der Waals surface area contributed by atoms with Gasteiger partial charge in [-0.3, -0.25) is 37.3 Å². The fourth-order valence-electron chi connectivity index (χ4n) is 8.29. The molecule has 2 unspecified atom stereocenters. The van der Waals surface area contributed by atoms with Gasteiger partial charge in [-0.05, 0) is 37.5 Å². The van der Waals surface area contributed by atoms with Gasteiger partial charge in [0.15, 0.2) is 12.2 Å². The van der Waals surface area contributed by atoms with Crippen molar-refractivity contribution in [2.24, 2.45) is 11.8 Å². The second-order valence-corrected chi connectivity index (χ2v) is 24.5. The molecule has 0 radical (unpaired) electrons. The van der Waals surface area contributed by atoms with Crippen LogP contribution in [0.15, 0.2) is 0 Å². The highest BCUT2D eigenvalue weighted by Gasteiger charge is 2.30. The molecule has 450 valence electrons. The Bertz CT molecular complexity index is 1510. The molecule has 0 saturated carbocycles. The Morgan fingerprint density at radius 2 is 0.605 bits per heavy atom. The molecular weight excluding hydrogens is 1020 g/mol. The molecule has 17 nitrogen and oxygen atoms in total. The number of aliphatic hydroxyl groups is 1. The van der Waals surface area contributed by atoms with E-state index in [1.54, 1.807) is 0 Å². The summed E-state index contributed by atoms with van der Waals surface area (Å²) >= 11 is 0. The quantitative estimate of drug-likeness (QED) is 0.0222. The topological polar surface area (TPSA) is 237 Å². The van der Waals surface area contributed by atoms with Gasteiger partial charge in [0.2, 0.25) is 0 Å². The van der Waals surface area contributed by atoms with Crippen LogP contribution in [-0.2, 0) is 65.4 Å². The lowest BCUT2D eigenvalue weighted by molar-refractivity contribution is -0.161. The molecule has 5 atom stereocenters. The molecule has 0 fully saturated rings. The van der Waals surface area contributed by atoms with Gasteiger partial charge in [0.05, 0.1) is 26.4 Å². The largest absolute Gasteiger partial charge is 0.472 e. The predicted octanol–water partition coefficient (Wildman–Crippen LogP) is 14.9. The number of phosphoric acid groups is 2. The second-order valence-electron chi connectivity index (χ2n) is 21.6. The summed E-state index contributed by atoms with van der Waals surface area (Å²) in [6.45, 7) is 9.25. The minimum absolute atomic E-state index is 0.102. The summed E-state index contributed by atoms with van der Waals surface area (Å²) in [5.41, 5.74) is 0. The number of hydrogen-bond acceptors (Lipinski definition) is 15. The number of rotatable bonds is 56. The van der Waals surface area contributed by atoms with Crippen LogP contribution in [0.5, 0.6) is 0 Å². The summed E-state index contributed by atoms with van der Waals surface area (Å²) in [7, 11) is -9.86. The van der Waals surface area contributed by atoms with E-state index in [1.807, 2.05) is 0 Å². The van der Waals surface area contributed by atoms with Gasteiger partial charge in [0.25, 0.3) is 0 Å². The van der Waals surface area contributed by atoms with E-state index in [2.05, 4.69) is 41.5 Å². The maximum Gasteiger partial charge on any atom is 0.472 e. The molecule has 76 heavy (non-hydrogen) atoms. The van der Waals surface area contributed by atoms with Crippen LogP contribution in [0.3, 0.4) is 0 Å². The van der Waals surface area contributed by atoms with Gasteiger partial charge >= 0.3 is 39.5 Å². The van der Waals surface area contributed by atoms with Gasteiger partial charge in [0, 0.05) is 25.7 Å². The number of phosphoric ester groups is 2. The SMILES string of the molecule is CCCCCCCCCC(=O)O[C@H](COC(=O)CCCCCCC)COP(=O)(O)OC[C@H](O)COP(=O)(O)OC[C@@H](COC(=O)CCCCCCCCCC(C)C)OC(=O)CCCCCCCCCCCCCC(C)C. The lowest BCUT2D eigenvalue weighted by atomic mass is 10.0. The molecule has 3 N–H and O–H groups in total. The van der Waals surface area contributed by atoms with Crippen LogP contribution in [-0.4, -0.2) is 96.7 Å². The fraction of sp³-hybridized carbons (Fsp3) is 0.930. The molecular formula is C57H110O17P2. The Morgan fingerprint density at radius 1 is 0.355 bits per heavy atom. The molecule has 0 aliphatic heterocycles. The lowest BCUT2D eigenvalue weighted by Crippen LogP contribution is -2.30. The van der Waals surface area contributed by atoms with Crippen molar-refractivity contribution in [3.05, 3.63) is 0 Å². The van der Waals surface area contributed by atoms with Gasteiger partial charge in [-0.1, -0.05) is 221 Å². The summed E-state index contributed by atoms with van der Waals surface area (Å²) < 4.78 is 67.4. The van der Waals surface area contributed by atoms with Crippen LogP contribution in [0.1, 0.15) is 273 Å². The number of carbonyl (C=O) groups excluding carboxylic acids is 4. The zero-order chi connectivity index (χ0) is 56.6. The zero-order valence-electron chi connectivity index (χ0n) is 48.5. The molecule has 0 spiro atoms. The van der Waals surface area contributed by atoms with Crippen LogP contribution in [0.4, 0.5) is 0 Å². The van der Waals surface area contributed by atoms with Crippen molar-refractivity contribution in [3.63, 3.8) is 0 Å². The third-order valence-corrected chi connectivity index (χ3v) is 14.9. The predicted molar refractivity (Wildman–Crippen MR) is 298 cm³/mol. The van der Waals surface area contributed by atoms with Crippen LogP contribution in [0.25, 0.3) is 0 Å². The van der Waals surface area contributed by atoms with E-state index >= 15 is 0 Å². The second kappa shape index (κ2) is 50.1. The Kier molecular flexibility index (Phi) is 48.8. The maximum absolute atomic E-state index is 12.9. The fourth-order valence-corrected chi connectivity index (χ4v) is 9.87. The molecule has 0 aliphatic rings. The van der Waals surface area contributed by atoms with E-state index < -0.39 is 97.5 Å². The number of esters is 4. The van der Waals surface area contributed by atoms with Crippen molar-refractivity contribution in [3.8, 4) is 0 Å². The Labute approximate surface area is 460 Å². The monoisotopic (exact) mass is 1130 g/mol. The van der Waals surface area contributed by atoms with E-state index in [4.69, 9.17) is 37.0 Å². The van der Waals surface area contributed by atoms with Crippen LogP contribution < -0.4 is 0 Å². The van der Waals surface area contributed by atoms with Crippen molar-refractivity contribution >= 4 is 39.5 Å². The molecule has 0 aromatic carbocycles. The highest BCUT2D eigenvalue weighted by atomic mass is 31.2. The molecule has 0 bridgehead atoms. The van der Waals surface area contributed by atoms with E-state index in [1.165, 1.54) is 64.2 Å². The Morgan fingerprint density at radius 3 is 0.895 bits per heavy atom. The van der Waals surface area contributed by atoms with Gasteiger partial charge in [0.1, 0.15) is 19.3 Å². The van der Waals surface area contributed by atoms with Crippen molar-refractivity contribution in [1.82, 2.24) is 0 Å². The number of carbonyl (C=O) groups is 4. The molecule has 0 rings (SSSR count). The molecule has 0 heterocycles. The first-order valence-electron chi connectivity index (χ1n) is 30.0. The Balaban J connectivity index is 5.17. The van der Waals surface area contributed by atoms with Crippen molar-refractivity contribution < 1.29 is 80.2 Å². The number of aliphatic hydroxyl groups excluding tert-OH is 1. The first kappa shape index (κ1) is 74.1. The van der Waals surface area contributed by atoms with Gasteiger partial charge in [-0.25, -0.2) is 9.13 Å². The first-order chi connectivity index (χ1) is 36.4. The van der Waals surface area contributed by atoms with Gasteiger partial charge in [-0.15, -0.1) is 0 Å². The molecule has 0 aromatic rings. The Hall–Kier alpha value is -1.94. The zero-order valence-corrected chi connectivity index (χ0v) is 50.3. The number of hydrogen-bond donors (Lipinski definition) is 3.